The van der Waals surface area contributed by atoms with Gasteiger partial charge >= 0.3 is 0 Å². The van der Waals surface area contributed by atoms with Gasteiger partial charge in [-0.2, -0.15) is 0 Å². The summed E-state index contributed by atoms with van der Waals surface area (Å²) in [4.78, 5) is 14.0. The second-order valence-electron chi connectivity index (χ2n) is 7.75. The van der Waals surface area contributed by atoms with Crippen LogP contribution in [0.25, 0.3) is 0 Å². The Morgan fingerprint density at radius 3 is 2.62 bits per heavy atom. The van der Waals surface area contributed by atoms with Crippen LogP contribution in [0.3, 0.4) is 0 Å². The molecule has 1 fully saturated rings. The Labute approximate surface area is 179 Å². The molecule has 1 atom stereocenters. The minimum Gasteiger partial charge on any atom is -0.357 e. The number of aliphatic imine (C=N–C) groups is 1. The lowest BCUT2D eigenvalue weighted by Crippen LogP contribution is -2.49. The standard InChI is InChI=1S/C22H34N6S/c1-5-23-21(24-15-20-16-29-22(26-20)27(3)4)25-19-11-13-28(14-12-19)17(2)18-9-7-6-8-10-18/h6-10,16-17,19H,5,11-15H2,1-4H3,(H2,23,24,25). The molecular formula is C22H34N6S. The van der Waals surface area contributed by atoms with Crippen molar-refractivity contribution in [1.82, 2.24) is 20.5 Å². The Balaban J connectivity index is 1.52. The van der Waals surface area contributed by atoms with Crippen molar-refractivity contribution in [3.05, 3.63) is 47.0 Å². The lowest BCUT2D eigenvalue weighted by Gasteiger charge is -2.37. The molecule has 1 aromatic heterocycles. The second kappa shape index (κ2) is 10.6. The van der Waals surface area contributed by atoms with Crippen LogP contribution >= 0.6 is 11.3 Å². The maximum absolute atomic E-state index is 4.76. The van der Waals surface area contributed by atoms with E-state index in [4.69, 9.17) is 4.99 Å². The molecule has 1 aromatic carbocycles. The van der Waals surface area contributed by atoms with E-state index >= 15 is 0 Å². The summed E-state index contributed by atoms with van der Waals surface area (Å²) in [5.41, 5.74) is 2.41. The number of nitrogens with zero attached hydrogens (tertiary/aromatic N) is 4. The third-order valence-corrected chi connectivity index (χ3v) is 6.42. The number of rotatable bonds is 7. The highest BCUT2D eigenvalue weighted by Crippen LogP contribution is 2.24. The number of hydrogen-bond acceptors (Lipinski definition) is 5. The van der Waals surface area contributed by atoms with Gasteiger partial charge in [0.25, 0.3) is 0 Å². The number of guanidine groups is 1. The monoisotopic (exact) mass is 414 g/mol. The van der Waals surface area contributed by atoms with Gasteiger partial charge in [0.15, 0.2) is 11.1 Å². The number of likely N-dealkylation sites (tertiary alicyclic amines) is 1. The van der Waals surface area contributed by atoms with Gasteiger partial charge in [-0.05, 0) is 32.3 Å². The zero-order chi connectivity index (χ0) is 20.6. The quantitative estimate of drug-likeness (QED) is 0.537. The zero-order valence-electron chi connectivity index (χ0n) is 18.1. The fourth-order valence-electron chi connectivity index (χ4n) is 3.62. The third kappa shape index (κ3) is 6.18. The molecule has 0 bridgehead atoms. The molecule has 3 rings (SSSR count). The van der Waals surface area contributed by atoms with Gasteiger partial charge in [0.05, 0.1) is 12.2 Å². The van der Waals surface area contributed by atoms with Crippen molar-refractivity contribution in [3.63, 3.8) is 0 Å². The van der Waals surface area contributed by atoms with Gasteiger partial charge in [-0.15, -0.1) is 11.3 Å². The first-order chi connectivity index (χ1) is 14.1. The summed E-state index contributed by atoms with van der Waals surface area (Å²) in [6.45, 7) is 8.08. The molecule has 1 aliphatic rings. The highest BCUT2D eigenvalue weighted by Gasteiger charge is 2.24. The van der Waals surface area contributed by atoms with Crippen LogP contribution in [-0.2, 0) is 6.54 Å². The number of aromatic nitrogens is 1. The summed E-state index contributed by atoms with van der Waals surface area (Å²) in [7, 11) is 4.03. The van der Waals surface area contributed by atoms with Crippen LogP contribution in [-0.4, -0.2) is 55.6 Å². The van der Waals surface area contributed by atoms with Gasteiger partial charge in [0.1, 0.15) is 0 Å². The summed E-state index contributed by atoms with van der Waals surface area (Å²) in [6.07, 6.45) is 2.26. The predicted octanol–water partition coefficient (Wildman–Crippen LogP) is 3.49. The lowest BCUT2D eigenvalue weighted by atomic mass is 10.0. The Morgan fingerprint density at radius 2 is 2.00 bits per heavy atom. The van der Waals surface area contributed by atoms with E-state index in [0.29, 0.717) is 18.6 Å². The molecule has 1 saturated heterocycles. The van der Waals surface area contributed by atoms with Gasteiger partial charge in [0, 0.05) is 51.2 Å². The van der Waals surface area contributed by atoms with Crippen molar-refractivity contribution in [2.45, 2.75) is 45.3 Å². The van der Waals surface area contributed by atoms with Crippen molar-refractivity contribution in [1.29, 1.82) is 0 Å². The first-order valence-electron chi connectivity index (χ1n) is 10.5. The maximum atomic E-state index is 4.76. The molecule has 2 heterocycles. The largest absolute Gasteiger partial charge is 0.357 e. The number of thiazole rings is 1. The molecule has 1 unspecified atom stereocenters. The fraction of sp³-hybridized carbons (Fsp3) is 0.545. The first-order valence-corrected chi connectivity index (χ1v) is 11.4. The second-order valence-corrected chi connectivity index (χ2v) is 8.59. The number of benzene rings is 1. The number of piperidine rings is 1. The maximum Gasteiger partial charge on any atom is 0.191 e. The fourth-order valence-corrected chi connectivity index (χ4v) is 4.37. The first kappa shape index (κ1) is 21.6. The van der Waals surface area contributed by atoms with Crippen LogP contribution in [0.2, 0.25) is 0 Å². The van der Waals surface area contributed by atoms with E-state index in [1.807, 2.05) is 19.0 Å². The van der Waals surface area contributed by atoms with Crippen molar-refractivity contribution < 1.29 is 0 Å². The Kier molecular flexibility index (Phi) is 7.89. The van der Waals surface area contributed by atoms with Gasteiger partial charge < -0.3 is 15.5 Å². The van der Waals surface area contributed by atoms with Crippen molar-refractivity contribution in [2.24, 2.45) is 4.99 Å². The minimum absolute atomic E-state index is 0.458. The topological polar surface area (TPSA) is 55.8 Å². The van der Waals surface area contributed by atoms with Gasteiger partial charge in [-0.1, -0.05) is 30.3 Å². The van der Waals surface area contributed by atoms with E-state index in [0.717, 1.165) is 49.3 Å². The lowest BCUT2D eigenvalue weighted by molar-refractivity contribution is 0.158. The van der Waals surface area contributed by atoms with E-state index in [9.17, 15) is 0 Å². The van der Waals surface area contributed by atoms with Crippen LogP contribution in [0.15, 0.2) is 40.7 Å². The van der Waals surface area contributed by atoms with Gasteiger partial charge in [-0.25, -0.2) is 9.98 Å². The SMILES string of the molecule is CCNC(=NCc1csc(N(C)C)n1)NC1CCN(C(C)c2ccccc2)CC1. The van der Waals surface area contributed by atoms with Crippen LogP contribution in [0.5, 0.6) is 0 Å². The summed E-state index contributed by atoms with van der Waals surface area (Å²) >= 11 is 1.66. The van der Waals surface area contributed by atoms with Crippen molar-refractivity contribution >= 4 is 22.4 Å². The molecular weight excluding hydrogens is 380 g/mol. The van der Waals surface area contributed by atoms with Crippen LogP contribution < -0.4 is 15.5 Å². The Bertz CT molecular complexity index is 765. The Morgan fingerprint density at radius 1 is 1.28 bits per heavy atom. The number of anilines is 1. The molecule has 158 valence electrons. The predicted molar refractivity (Wildman–Crippen MR) is 124 cm³/mol. The van der Waals surface area contributed by atoms with E-state index in [2.05, 4.69) is 70.1 Å². The van der Waals surface area contributed by atoms with Gasteiger partial charge in [0.2, 0.25) is 0 Å². The summed E-state index contributed by atoms with van der Waals surface area (Å²) in [5, 5.41) is 10.1. The smallest absolute Gasteiger partial charge is 0.191 e. The average Bonchev–Trinajstić information content (AvgIpc) is 3.22. The van der Waals surface area contributed by atoms with Crippen LogP contribution in [0.1, 0.15) is 44.0 Å². The average molecular weight is 415 g/mol. The van der Waals surface area contributed by atoms with Gasteiger partial charge in [-0.3, -0.25) is 4.90 Å². The minimum atomic E-state index is 0.458. The number of hydrogen-bond donors (Lipinski definition) is 2. The van der Waals surface area contributed by atoms with Crippen LogP contribution in [0, 0.1) is 0 Å². The molecule has 0 spiro atoms. The van der Waals surface area contributed by atoms with E-state index < -0.39 is 0 Å². The summed E-state index contributed by atoms with van der Waals surface area (Å²) in [6, 6.07) is 11.7. The highest BCUT2D eigenvalue weighted by molar-refractivity contribution is 7.13. The number of nitrogens with one attached hydrogen (secondary N) is 2. The molecule has 0 aliphatic carbocycles. The molecule has 29 heavy (non-hydrogen) atoms. The highest BCUT2D eigenvalue weighted by atomic mass is 32.1. The molecule has 1 aliphatic heterocycles. The Hall–Kier alpha value is -2.12. The van der Waals surface area contributed by atoms with Crippen LogP contribution in [0.4, 0.5) is 5.13 Å². The normalized spacial score (nSPS) is 17.2. The van der Waals surface area contributed by atoms with Crippen molar-refractivity contribution in [2.75, 3.05) is 38.6 Å². The van der Waals surface area contributed by atoms with E-state index in [1.165, 1.54) is 5.56 Å². The zero-order valence-corrected chi connectivity index (χ0v) is 18.9. The molecule has 7 heteroatoms. The van der Waals surface area contributed by atoms with E-state index in [-0.39, 0.29) is 0 Å². The summed E-state index contributed by atoms with van der Waals surface area (Å²) < 4.78 is 0. The summed E-state index contributed by atoms with van der Waals surface area (Å²) in [5.74, 6) is 0.890. The molecule has 2 aromatic rings. The molecule has 0 amide bonds. The molecule has 0 radical (unpaired) electrons. The molecule has 0 saturated carbocycles. The molecule has 6 nitrogen and oxygen atoms in total. The van der Waals surface area contributed by atoms with E-state index in [1.54, 1.807) is 11.3 Å². The third-order valence-electron chi connectivity index (χ3n) is 5.37. The van der Waals surface area contributed by atoms with Crippen molar-refractivity contribution in [3.8, 4) is 0 Å². The molecule has 2 N–H and O–H groups in total.